The molecule has 0 atom stereocenters. The van der Waals surface area contributed by atoms with Crippen molar-refractivity contribution >= 4 is 17.3 Å². The molecule has 3 aromatic heterocycles. The Hall–Kier alpha value is -3.89. The highest BCUT2D eigenvalue weighted by molar-refractivity contribution is 7.08. The lowest BCUT2D eigenvalue weighted by molar-refractivity contribution is 0.0697. The first-order chi connectivity index (χ1) is 14.2. The van der Waals surface area contributed by atoms with Crippen molar-refractivity contribution in [2.24, 2.45) is 0 Å². The van der Waals surface area contributed by atoms with Crippen molar-refractivity contribution in [2.45, 2.75) is 6.61 Å². The number of thiophene rings is 1. The summed E-state index contributed by atoms with van der Waals surface area (Å²) in [5, 5.41) is 22.7. The second kappa shape index (κ2) is 8.00. The van der Waals surface area contributed by atoms with Gasteiger partial charge >= 0.3 is 5.97 Å². The number of carboxylic acid groups (broad SMARTS) is 1. The summed E-state index contributed by atoms with van der Waals surface area (Å²) < 4.78 is 11.1. The van der Waals surface area contributed by atoms with Crippen LogP contribution in [-0.2, 0) is 6.61 Å². The highest BCUT2D eigenvalue weighted by Gasteiger charge is 2.17. The number of nitrogens with zero attached hydrogens (tertiary/aromatic N) is 2. The molecule has 0 aliphatic carbocycles. The number of benzene rings is 1. The second-order valence-electron chi connectivity index (χ2n) is 6.16. The summed E-state index contributed by atoms with van der Waals surface area (Å²) in [7, 11) is 0. The lowest BCUT2D eigenvalue weighted by atomic mass is 10.0. The highest BCUT2D eigenvalue weighted by atomic mass is 32.1. The van der Waals surface area contributed by atoms with Crippen LogP contribution in [0.3, 0.4) is 0 Å². The maximum absolute atomic E-state index is 11.0. The Kier molecular flexibility index (Phi) is 5.10. The molecule has 0 spiro atoms. The summed E-state index contributed by atoms with van der Waals surface area (Å²) in [5.74, 6) is -0.770. The topological polar surface area (TPSA) is 96.4 Å². The molecule has 4 rings (SSSR count). The molecular formula is C22H14N2O4S. The normalized spacial score (nSPS) is 10.4. The smallest absolute Gasteiger partial charge is 0.335 e. The first-order valence-electron chi connectivity index (χ1n) is 8.61. The predicted octanol–water partition coefficient (Wildman–Crippen LogP) is 5.22. The fourth-order valence-electron chi connectivity index (χ4n) is 2.83. The molecule has 1 aromatic carbocycles. The minimum atomic E-state index is -0.987. The van der Waals surface area contributed by atoms with Crippen LogP contribution in [-0.4, -0.2) is 16.1 Å². The van der Waals surface area contributed by atoms with E-state index in [1.807, 2.05) is 22.9 Å². The van der Waals surface area contributed by atoms with E-state index in [-0.39, 0.29) is 18.1 Å². The van der Waals surface area contributed by atoms with E-state index in [9.17, 15) is 10.1 Å². The standard InChI is InChI=1S/C22H14N2O4S/c23-10-19-18(16-5-7-27-12-16)9-20(17-6-8-29-13-17)24-21(19)28-11-14-1-3-15(4-2-14)22(25)26/h1-9,12-13H,11H2,(H,25,26). The fraction of sp³-hybridized carbons (Fsp3) is 0.0455. The molecule has 0 amide bonds. The molecule has 0 unspecified atom stereocenters. The Morgan fingerprint density at radius 1 is 1.21 bits per heavy atom. The Balaban J connectivity index is 1.71. The first-order valence-corrected chi connectivity index (χ1v) is 9.55. The van der Waals surface area contributed by atoms with Crippen LogP contribution < -0.4 is 4.74 Å². The summed E-state index contributed by atoms with van der Waals surface area (Å²) in [5.41, 5.74) is 4.34. The molecule has 4 aromatic rings. The number of hydrogen-bond donors (Lipinski definition) is 1. The number of carbonyl (C=O) groups is 1. The molecule has 7 heteroatoms. The number of aromatic carboxylic acids is 1. The Labute approximate surface area is 170 Å². The largest absolute Gasteiger partial charge is 0.478 e. The number of nitriles is 1. The van der Waals surface area contributed by atoms with Gasteiger partial charge in [0.1, 0.15) is 18.2 Å². The van der Waals surface area contributed by atoms with E-state index in [0.29, 0.717) is 16.8 Å². The van der Waals surface area contributed by atoms with Gasteiger partial charge in [-0.25, -0.2) is 9.78 Å². The van der Waals surface area contributed by atoms with E-state index in [2.05, 4.69) is 11.1 Å². The summed E-state index contributed by atoms with van der Waals surface area (Å²) in [6.45, 7) is 0.152. The minimum absolute atomic E-state index is 0.152. The van der Waals surface area contributed by atoms with Crippen LogP contribution in [0.4, 0.5) is 0 Å². The van der Waals surface area contributed by atoms with E-state index in [1.165, 1.54) is 12.1 Å². The number of hydrogen-bond acceptors (Lipinski definition) is 6. The van der Waals surface area contributed by atoms with Gasteiger partial charge in [0.05, 0.1) is 23.8 Å². The highest BCUT2D eigenvalue weighted by Crippen LogP contribution is 2.34. The van der Waals surface area contributed by atoms with Crippen LogP contribution in [0.15, 0.2) is 70.2 Å². The van der Waals surface area contributed by atoms with Gasteiger partial charge in [-0.1, -0.05) is 12.1 Å². The number of pyridine rings is 1. The van der Waals surface area contributed by atoms with Crippen molar-refractivity contribution in [1.82, 2.24) is 4.98 Å². The van der Waals surface area contributed by atoms with E-state index in [1.54, 1.807) is 42.1 Å². The number of aromatic nitrogens is 1. The summed E-state index contributed by atoms with van der Waals surface area (Å²) in [6.07, 6.45) is 3.12. The summed E-state index contributed by atoms with van der Waals surface area (Å²) >= 11 is 1.56. The average Bonchev–Trinajstić information content (AvgIpc) is 3.46. The monoisotopic (exact) mass is 402 g/mol. The summed E-state index contributed by atoms with van der Waals surface area (Å²) in [6, 6.07) is 14.1. The SMILES string of the molecule is N#Cc1c(-c2ccoc2)cc(-c2ccsc2)nc1OCc1ccc(C(=O)O)cc1. The van der Waals surface area contributed by atoms with Crippen molar-refractivity contribution in [1.29, 1.82) is 5.26 Å². The lowest BCUT2D eigenvalue weighted by Gasteiger charge is -2.12. The van der Waals surface area contributed by atoms with Gasteiger partial charge in [-0.05, 0) is 41.3 Å². The van der Waals surface area contributed by atoms with Crippen LogP contribution in [0.1, 0.15) is 21.5 Å². The van der Waals surface area contributed by atoms with Gasteiger partial charge in [0.15, 0.2) is 0 Å². The van der Waals surface area contributed by atoms with Crippen LogP contribution in [0.2, 0.25) is 0 Å². The van der Waals surface area contributed by atoms with Gasteiger partial charge in [-0.3, -0.25) is 0 Å². The van der Waals surface area contributed by atoms with E-state index >= 15 is 0 Å². The first kappa shape index (κ1) is 18.5. The van der Waals surface area contributed by atoms with Crippen molar-refractivity contribution in [2.75, 3.05) is 0 Å². The van der Waals surface area contributed by atoms with Crippen molar-refractivity contribution < 1.29 is 19.1 Å². The quantitative estimate of drug-likeness (QED) is 0.475. The Bertz CT molecular complexity index is 1180. The number of furan rings is 1. The molecule has 0 radical (unpaired) electrons. The summed E-state index contributed by atoms with van der Waals surface area (Å²) in [4.78, 5) is 15.5. The van der Waals surface area contributed by atoms with E-state index in [4.69, 9.17) is 14.3 Å². The van der Waals surface area contributed by atoms with Gasteiger partial charge in [0.2, 0.25) is 5.88 Å². The van der Waals surface area contributed by atoms with Crippen LogP contribution in [0.5, 0.6) is 5.88 Å². The molecule has 1 N–H and O–H groups in total. The minimum Gasteiger partial charge on any atom is -0.478 e. The van der Waals surface area contributed by atoms with Crippen molar-refractivity contribution in [3.63, 3.8) is 0 Å². The average molecular weight is 402 g/mol. The molecule has 142 valence electrons. The van der Waals surface area contributed by atoms with Gasteiger partial charge in [-0.15, -0.1) is 0 Å². The molecule has 0 bridgehead atoms. The maximum Gasteiger partial charge on any atom is 0.335 e. The molecule has 3 heterocycles. The fourth-order valence-corrected chi connectivity index (χ4v) is 3.48. The molecule has 0 saturated carbocycles. The van der Waals surface area contributed by atoms with Gasteiger partial charge in [0, 0.05) is 22.1 Å². The van der Waals surface area contributed by atoms with Crippen molar-refractivity contribution in [3.05, 3.63) is 82.4 Å². The zero-order valence-corrected chi connectivity index (χ0v) is 15.8. The van der Waals surface area contributed by atoms with Crippen LogP contribution in [0, 0.1) is 11.3 Å². The number of ether oxygens (including phenoxy) is 1. The maximum atomic E-state index is 11.0. The van der Waals surface area contributed by atoms with Gasteiger partial charge in [-0.2, -0.15) is 16.6 Å². The number of carboxylic acids is 1. The van der Waals surface area contributed by atoms with Crippen LogP contribution >= 0.6 is 11.3 Å². The Morgan fingerprint density at radius 3 is 2.66 bits per heavy atom. The molecule has 6 nitrogen and oxygen atoms in total. The molecule has 29 heavy (non-hydrogen) atoms. The molecular weight excluding hydrogens is 388 g/mol. The third-order valence-corrected chi connectivity index (χ3v) is 5.01. The molecule has 0 fully saturated rings. The van der Waals surface area contributed by atoms with E-state index in [0.717, 1.165) is 16.7 Å². The van der Waals surface area contributed by atoms with Crippen LogP contribution in [0.25, 0.3) is 22.4 Å². The molecule has 0 aliphatic heterocycles. The number of rotatable bonds is 6. The zero-order chi connectivity index (χ0) is 20.2. The third-order valence-electron chi connectivity index (χ3n) is 4.32. The zero-order valence-electron chi connectivity index (χ0n) is 15.0. The predicted molar refractivity (Wildman–Crippen MR) is 108 cm³/mol. The lowest BCUT2D eigenvalue weighted by Crippen LogP contribution is -2.03. The van der Waals surface area contributed by atoms with Gasteiger partial charge < -0.3 is 14.3 Å². The second-order valence-corrected chi connectivity index (χ2v) is 6.94. The van der Waals surface area contributed by atoms with Gasteiger partial charge in [0.25, 0.3) is 0 Å². The Morgan fingerprint density at radius 2 is 2.03 bits per heavy atom. The third kappa shape index (κ3) is 3.88. The molecule has 0 saturated heterocycles. The molecule has 0 aliphatic rings. The van der Waals surface area contributed by atoms with Crippen molar-refractivity contribution in [3.8, 4) is 34.3 Å². The van der Waals surface area contributed by atoms with E-state index < -0.39 is 5.97 Å².